The lowest BCUT2D eigenvalue weighted by molar-refractivity contribution is -0.123. The van der Waals surface area contributed by atoms with Crippen molar-refractivity contribution in [2.75, 3.05) is 6.61 Å². The lowest BCUT2D eigenvalue weighted by Gasteiger charge is -2.29. The number of rotatable bonds is 5. The minimum atomic E-state index is -0.787. The van der Waals surface area contributed by atoms with Gasteiger partial charge in [0.15, 0.2) is 12.3 Å². The van der Waals surface area contributed by atoms with Crippen molar-refractivity contribution in [3.05, 3.63) is 41.8 Å². The van der Waals surface area contributed by atoms with Gasteiger partial charge in [-0.15, -0.1) is 0 Å². The third-order valence-corrected chi connectivity index (χ3v) is 5.03. The predicted molar refractivity (Wildman–Crippen MR) is 105 cm³/mol. The summed E-state index contributed by atoms with van der Waals surface area (Å²) in [5.74, 6) is -0.538. The molecule has 154 valence electrons. The van der Waals surface area contributed by atoms with Gasteiger partial charge < -0.3 is 14.5 Å². The molecular formula is C21H25N3O5. The van der Waals surface area contributed by atoms with E-state index in [0.717, 1.165) is 31.2 Å². The summed E-state index contributed by atoms with van der Waals surface area (Å²) in [6, 6.07) is 8.60. The minimum absolute atomic E-state index is 0.00265. The zero-order chi connectivity index (χ0) is 20.8. The second-order valence-electron chi connectivity index (χ2n) is 7.26. The molecule has 0 saturated heterocycles. The first-order chi connectivity index (χ1) is 13.9. The molecule has 8 heteroatoms. The van der Waals surface area contributed by atoms with Gasteiger partial charge in [-0.1, -0.05) is 38.0 Å². The smallest absolute Gasteiger partial charge is 0.361 e. The Morgan fingerprint density at radius 1 is 1.17 bits per heavy atom. The fraction of sp³-hybridized carbons (Fsp3) is 0.429. The van der Waals surface area contributed by atoms with Crippen LogP contribution in [0.2, 0.25) is 0 Å². The van der Waals surface area contributed by atoms with E-state index < -0.39 is 24.5 Å². The normalized spacial score (nSPS) is 18.7. The van der Waals surface area contributed by atoms with E-state index in [1.165, 1.54) is 0 Å². The maximum Gasteiger partial charge on any atom is 0.361 e. The lowest BCUT2D eigenvalue weighted by atomic mass is 9.86. The number of amides is 3. The molecule has 2 aromatic rings. The summed E-state index contributed by atoms with van der Waals surface area (Å²) in [6.45, 7) is 3.09. The molecule has 1 fully saturated rings. The van der Waals surface area contributed by atoms with E-state index >= 15 is 0 Å². The summed E-state index contributed by atoms with van der Waals surface area (Å²) in [4.78, 5) is 40.3. The summed E-state index contributed by atoms with van der Waals surface area (Å²) in [7, 11) is 0. The van der Waals surface area contributed by atoms with Crippen LogP contribution in [0.5, 0.6) is 0 Å². The fourth-order valence-corrected chi connectivity index (χ4v) is 3.39. The van der Waals surface area contributed by atoms with E-state index in [1.807, 2.05) is 18.2 Å². The number of nitrogens with one attached hydrogen (secondary N) is 2. The Bertz CT molecular complexity index is 878. The SMILES string of the molecule is Cc1oc(-c2ccccc2)nc1C(=O)OCC(=O)NC(=O)NC1CCCCC1C. The summed E-state index contributed by atoms with van der Waals surface area (Å²) in [5.41, 5.74) is 0.721. The van der Waals surface area contributed by atoms with Gasteiger partial charge in [-0.25, -0.2) is 14.6 Å². The van der Waals surface area contributed by atoms with Gasteiger partial charge in [0.1, 0.15) is 5.76 Å². The fourth-order valence-electron chi connectivity index (χ4n) is 3.39. The molecule has 2 N–H and O–H groups in total. The Morgan fingerprint density at radius 2 is 1.90 bits per heavy atom. The van der Waals surface area contributed by atoms with Crippen LogP contribution in [-0.4, -0.2) is 35.5 Å². The van der Waals surface area contributed by atoms with Crippen molar-refractivity contribution in [3.63, 3.8) is 0 Å². The van der Waals surface area contributed by atoms with Gasteiger partial charge in [-0.05, 0) is 37.8 Å². The van der Waals surface area contributed by atoms with E-state index in [2.05, 4.69) is 22.5 Å². The number of imide groups is 1. The first-order valence-electron chi connectivity index (χ1n) is 9.74. The zero-order valence-electron chi connectivity index (χ0n) is 16.6. The summed E-state index contributed by atoms with van der Waals surface area (Å²) < 4.78 is 10.5. The van der Waals surface area contributed by atoms with Crippen molar-refractivity contribution in [2.24, 2.45) is 5.92 Å². The van der Waals surface area contributed by atoms with Gasteiger partial charge in [0, 0.05) is 11.6 Å². The summed E-state index contributed by atoms with van der Waals surface area (Å²) in [5, 5.41) is 5.00. The Balaban J connectivity index is 1.49. The predicted octanol–water partition coefficient (Wildman–Crippen LogP) is 3.21. The van der Waals surface area contributed by atoms with Gasteiger partial charge in [0.05, 0.1) is 0 Å². The number of ether oxygens (including phenoxy) is 1. The Morgan fingerprint density at radius 3 is 2.62 bits per heavy atom. The molecule has 8 nitrogen and oxygen atoms in total. The topological polar surface area (TPSA) is 111 Å². The average molecular weight is 399 g/mol. The highest BCUT2D eigenvalue weighted by molar-refractivity contribution is 5.97. The molecule has 1 aliphatic rings. The van der Waals surface area contributed by atoms with E-state index in [4.69, 9.17) is 9.15 Å². The summed E-state index contributed by atoms with van der Waals surface area (Å²) in [6.07, 6.45) is 4.16. The number of nitrogens with zero attached hydrogens (tertiary/aromatic N) is 1. The number of aryl methyl sites for hydroxylation is 1. The van der Waals surface area contributed by atoms with Crippen molar-refractivity contribution < 1.29 is 23.5 Å². The van der Waals surface area contributed by atoms with E-state index in [9.17, 15) is 14.4 Å². The zero-order valence-corrected chi connectivity index (χ0v) is 16.6. The molecule has 0 aliphatic heterocycles. The average Bonchev–Trinajstić information content (AvgIpc) is 3.10. The molecular weight excluding hydrogens is 374 g/mol. The monoisotopic (exact) mass is 399 g/mol. The van der Waals surface area contributed by atoms with Crippen LogP contribution >= 0.6 is 0 Å². The molecule has 2 unspecified atom stereocenters. The molecule has 0 radical (unpaired) electrons. The number of hydrogen-bond donors (Lipinski definition) is 2. The molecule has 1 aliphatic carbocycles. The number of urea groups is 1. The second-order valence-corrected chi connectivity index (χ2v) is 7.26. The highest BCUT2D eigenvalue weighted by Gasteiger charge is 2.24. The highest BCUT2D eigenvalue weighted by atomic mass is 16.5. The van der Waals surface area contributed by atoms with Crippen molar-refractivity contribution in [2.45, 2.75) is 45.6 Å². The number of carbonyl (C=O) groups excluding carboxylic acids is 3. The van der Waals surface area contributed by atoms with Crippen LogP contribution in [0.4, 0.5) is 4.79 Å². The maximum absolute atomic E-state index is 12.2. The molecule has 3 amide bonds. The van der Waals surface area contributed by atoms with E-state index in [1.54, 1.807) is 19.1 Å². The molecule has 0 spiro atoms. The molecule has 3 rings (SSSR count). The van der Waals surface area contributed by atoms with Crippen LogP contribution in [0.1, 0.15) is 48.9 Å². The van der Waals surface area contributed by atoms with Crippen LogP contribution in [0.3, 0.4) is 0 Å². The molecule has 1 heterocycles. The third-order valence-electron chi connectivity index (χ3n) is 5.03. The van der Waals surface area contributed by atoms with Crippen LogP contribution in [-0.2, 0) is 9.53 Å². The number of carbonyl (C=O) groups is 3. The maximum atomic E-state index is 12.2. The van der Waals surface area contributed by atoms with Crippen molar-refractivity contribution in [1.29, 1.82) is 0 Å². The minimum Gasteiger partial charge on any atom is -0.451 e. The van der Waals surface area contributed by atoms with Crippen LogP contribution in [0.25, 0.3) is 11.5 Å². The van der Waals surface area contributed by atoms with Crippen LogP contribution < -0.4 is 10.6 Å². The molecule has 1 aromatic carbocycles. The third kappa shape index (κ3) is 5.43. The number of esters is 1. The lowest BCUT2D eigenvalue weighted by Crippen LogP contribution is -2.48. The van der Waals surface area contributed by atoms with Crippen molar-refractivity contribution >= 4 is 17.9 Å². The van der Waals surface area contributed by atoms with Crippen molar-refractivity contribution in [1.82, 2.24) is 15.6 Å². The van der Waals surface area contributed by atoms with Gasteiger partial charge in [0.2, 0.25) is 5.89 Å². The Labute approximate surface area is 169 Å². The highest BCUT2D eigenvalue weighted by Crippen LogP contribution is 2.23. The van der Waals surface area contributed by atoms with E-state index in [0.29, 0.717) is 17.6 Å². The van der Waals surface area contributed by atoms with Gasteiger partial charge >= 0.3 is 12.0 Å². The van der Waals surface area contributed by atoms with Gasteiger partial charge in [-0.2, -0.15) is 0 Å². The van der Waals surface area contributed by atoms with Crippen molar-refractivity contribution in [3.8, 4) is 11.5 Å². The molecule has 1 saturated carbocycles. The van der Waals surface area contributed by atoms with Crippen LogP contribution in [0.15, 0.2) is 34.7 Å². The van der Waals surface area contributed by atoms with Crippen LogP contribution in [0, 0.1) is 12.8 Å². The molecule has 1 aromatic heterocycles. The Hall–Kier alpha value is -3.16. The van der Waals surface area contributed by atoms with E-state index in [-0.39, 0.29) is 11.7 Å². The number of benzene rings is 1. The first-order valence-corrected chi connectivity index (χ1v) is 9.74. The number of aromatic nitrogens is 1. The number of hydrogen-bond acceptors (Lipinski definition) is 6. The number of oxazole rings is 1. The Kier molecular flexibility index (Phi) is 6.64. The molecule has 0 bridgehead atoms. The first kappa shape index (κ1) is 20.6. The summed E-state index contributed by atoms with van der Waals surface area (Å²) >= 11 is 0. The largest absolute Gasteiger partial charge is 0.451 e. The standard InChI is InChI=1S/C21H25N3O5/c1-13-8-6-7-11-16(13)22-21(27)23-17(25)12-28-20(26)18-14(2)29-19(24-18)15-9-4-3-5-10-15/h3-5,9-10,13,16H,6-8,11-12H2,1-2H3,(H2,22,23,25,27). The second kappa shape index (κ2) is 9.36. The molecule has 29 heavy (non-hydrogen) atoms. The van der Waals surface area contributed by atoms with Gasteiger partial charge in [0.25, 0.3) is 5.91 Å². The quantitative estimate of drug-likeness (QED) is 0.747. The van der Waals surface area contributed by atoms with Gasteiger partial charge in [-0.3, -0.25) is 10.1 Å². The molecule has 2 atom stereocenters.